The van der Waals surface area contributed by atoms with Crippen molar-refractivity contribution in [2.24, 2.45) is 5.41 Å². The van der Waals surface area contributed by atoms with Crippen LogP contribution in [-0.2, 0) is 20.7 Å². The average Bonchev–Trinajstić information content (AvgIpc) is 2.47. The van der Waals surface area contributed by atoms with Crippen molar-refractivity contribution in [3.8, 4) is 0 Å². The second kappa shape index (κ2) is 6.26. The van der Waals surface area contributed by atoms with Crippen molar-refractivity contribution in [2.45, 2.75) is 26.4 Å². The van der Waals surface area contributed by atoms with Gasteiger partial charge in [0.2, 0.25) is 5.91 Å². The molecule has 0 aliphatic carbocycles. The molecule has 1 saturated heterocycles. The zero-order chi connectivity index (χ0) is 15.5. The summed E-state index contributed by atoms with van der Waals surface area (Å²) in [6.45, 7) is 4.62. The van der Waals surface area contributed by atoms with E-state index in [1.165, 1.54) is 0 Å². The second-order valence-corrected chi connectivity index (χ2v) is 6.00. The minimum atomic E-state index is -1.02. The number of carboxylic acids is 1. The largest absolute Gasteiger partial charge is 0.479 e. The molecule has 1 aliphatic rings. The number of aliphatic carboxylic acids is 1. The first kappa shape index (κ1) is 15.5. The van der Waals surface area contributed by atoms with Gasteiger partial charge in [0.05, 0.1) is 13.2 Å². The molecule has 0 spiro atoms. The first-order valence-electron chi connectivity index (χ1n) is 7.08. The molecule has 1 fully saturated rings. The Labute approximate surface area is 124 Å². The predicted octanol–water partition coefficient (Wildman–Crippen LogP) is 1.57. The van der Waals surface area contributed by atoms with Crippen LogP contribution in [-0.4, -0.2) is 47.7 Å². The summed E-state index contributed by atoms with van der Waals surface area (Å²) in [4.78, 5) is 25.3. The minimum absolute atomic E-state index is 0.0269. The van der Waals surface area contributed by atoms with Gasteiger partial charge in [0.25, 0.3) is 0 Å². The molecule has 21 heavy (non-hydrogen) atoms. The molecule has 1 unspecified atom stereocenters. The van der Waals surface area contributed by atoms with Crippen LogP contribution in [0.15, 0.2) is 30.3 Å². The molecule has 1 amide bonds. The van der Waals surface area contributed by atoms with E-state index in [9.17, 15) is 9.59 Å². The topological polar surface area (TPSA) is 66.8 Å². The Balaban J connectivity index is 2.05. The third kappa shape index (κ3) is 3.82. The maximum atomic E-state index is 12.7. The van der Waals surface area contributed by atoms with E-state index in [2.05, 4.69) is 0 Å². The molecule has 1 aromatic rings. The molecule has 5 heteroatoms. The minimum Gasteiger partial charge on any atom is -0.479 e. The molecule has 1 aromatic carbocycles. The third-order valence-electron chi connectivity index (χ3n) is 3.70. The summed E-state index contributed by atoms with van der Waals surface area (Å²) < 4.78 is 5.16. The summed E-state index contributed by atoms with van der Waals surface area (Å²) in [7, 11) is 0. The number of carbonyl (C=O) groups is 2. The van der Waals surface area contributed by atoms with Gasteiger partial charge in [-0.25, -0.2) is 4.79 Å². The number of benzene rings is 1. The number of rotatable bonds is 4. The first-order chi connectivity index (χ1) is 9.90. The fourth-order valence-corrected chi connectivity index (χ4v) is 2.59. The lowest BCUT2D eigenvalue weighted by Crippen LogP contribution is -2.52. The third-order valence-corrected chi connectivity index (χ3v) is 3.70. The fourth-order valence-electron chi connectivity index (χ4n) is 2.59. The summed E-state index contributed by atoms with van der Waals surface area (Å²) in [5.41, 5.74) is 0.528. The van der Waals surface area contributed by atoms with Gasteiger partial charge >= 0.3 is 5.97 Å². The molecule has 0 aromatic heterocycles. The van der Waals surface area contributed by atoms with Gasteiger partial charge in [-0.3, -0.25) is 4.79 Å². The molecule has 0 bridgehead atoms. The van der Waals surface area contributed by atoms with E-state index in [0.717, 1.165) is 5.56 Å². The number of hydrogen-bond acceptors (Lipinski definition) is 3. The Morgan fingerprint density at radius 1 is 1.33 bits per heavy atom. The van der Waals surface area contributed by atoms with E-state index < -0.39 is 17.5 Å². The van der Waals surface area contributed by atoms with Crippen molar-refractivity contribution in [1.29, 1.82) is 0 Å². The van der Waals surface area contributed by atoms with Crippen LogP contribution in [0.2, 0.25) is 0 Å². The quantitative estimate of drug-likeness (QED) is 0.914. The van der Waals surface area contributed by atoms with Gasteiger partial charge in [-0.15, -0.1) is 0 Å². The Kier molecular flexibility index (Phi) is 4.63. The number of ether oxygens (including phenoxy) is 1. The zero-order valence-corrected chi connectivity index (χ0v) is 12.4. The van der Waals surface area contributed by atoms with E-state index in [0.29, 0.717) is 13.0 Å². The summed E-state index contributed by atoms with van der Waals surface area (Å²) in [6.07, 6.45) is -0.294. The lowest BCUT2D eigenvalue weighted by molar-refractivity contribution is -0.162. The maximum absolute atomic E-state index is 12.7. The smallest absolute Gasteiger partial charge is 0.334 e. The van der Waals surface area contributed by atoms with E-state index >= 15 is 0 Å². The van der Waals surface area contributed by atoms with Crippen molar-refractivity contribution < 1.29 is 19.4 Å². The van der Waals surface area contributed by atoms with Crippen LogP contribution < -0.4 is 0 Å². The van der Waals surface area contributed by atoms with E-state index in [-0.39, 0.29) is 19.1 Å². The van der Waals surface area contributed by atoms with Gasteiger partial charge in [-0.1, -0.05) is 44.2 Å². The lowest BCUT2D eigenvalue weighted by Gasteiger charge is -2.36. The van der Waals surface area contributed by atoms with Gasteiger partial charge in [-0.05, 0) is 12.0 Å². The zero-order valence-electron chi connectivity index (χ0n) is 12.4. The van der Waals surface area contributed by atoms with Crippen molar-refractivity contribution in [1.82, 2.24) is 4.90 Å². The van der Waals surface area contributed by atoms with Gasteiger partial charge in [-0.2, -0.15) is 0 Å². The molecule has 2 rings (SSSR count). The van der Waals surface area contributed by atoms with Gasteiger partial charge in [0.15, 0.2) is 6.10 Å². The van der Waals surface area contributed by atoms with E-state index in [4.69, 9.17) is 9.84 Å². The number of hydrogen-bond donors (Lipinski definition) is 1. The Bertz CT molecular complexity index is 512. The molecule has 5 nitrogen and oxygen atoms in total. The maximum Gasteiger partial charge on any atom is 0.334 e. The highest BCUT2D eigenvalue weighted by Crippen LogP contribution is 2.25. The van der Waals surface area contributed by atoms with Crippen molar-refractivity contribution in [3.05, 3.63) is 35.9 Å². The van der Waals surface area contributed by atoms with Crippen LogP contribution in [0.4, 0.5) is 0 Å². The van der Waals surface area contributed by atoms with E-state index in [1.807, 2.05) is 44.2 Å². The average molecular weight is 291 g/mol. The standard InChI is InChI=1S/C16H21NO4/c1-16(2,10-12-6-4-3-5-7-12)15(20)17-8-9-21-13(11-17)14(18)19/h3-7,13H,8-11H2,1-2H3,(H,18,19). The molecule has 1 N–H and O–H groups in total. The highest BCUT2D eigenvalue weighted by atomic mass is 16.5. The van der Waals surface area contributed by atoms with Crippen molar-refractivity contribution in [2.75, 3.05) is 19.7 Å². The number of morpholine rings is 1. The monoisotopic (exact) mass is 291 g/mol. The van der Waals surface area contributed by atoms with Crippen molar-refractivity contribution >= 4 is 11.9 Å². The Hall–Kier alpha value is -1.88. The second-order valence-electron chi connectivity index (χ2n) is 6.00. The molecule has 0 saturated carbocycles. The Morgan fingerprint density at radius 2 is 2.00 bits per heavy atom. The molecule has 1 atom stereocenters. The Morgan fingerprint density at radius 3 is 2.62 bits per heavy atom. The summed E-state index contributed by atoms with van der Waals surface area (Å²) >= 11 is 0. The predicted molar refractivity (Wildman–Crippen MR) is 77.9 cm³/mol. The van der Waals surface area contributed by atoms with Gasteiger partial charge < -0.3 is 14.7 Å². The molecular weight excluding hydrogens is 270 g/mol. The highest BCUT2D eigenvalue weighted by molar-refractivity contribution is 5.83. The number of nitrogens with zero attached hydrogens (tertiary/aromatic N) is 1. The SMILES string of the molecule is CC(C)(Cc1ccccc1)C(=O)N1CCOC(C(=O)O)C1. The number of carboxylic acid groups (broad SMARTS) is 1. The van der Waals surface area contributed by atoms with Crippen LogP contribution in [0.5, 0.6) is 0 Å². The van der Waals surface area contributed by atoms with Gasteiger partial charge in [0, 0.05) is 12.0 Å². The summed E-state index contributed by atoms with van der Waals surface area (Å²) in [5.74, 6) is -1.05. The summed E-state index contributed by atoms with van der Waals surface area (Å²) in [5, 5.41) is 9.01. The molecule has 0 radical (unpaired) electrons. The van der Waals surface area contributed by atoms with Crippen LogP contribution >= 0.6 is 0 Å². The van der Waals surface area contributed by atoms with Gasteiger partial charge in [0.1, 0.15) is 0 Å². The highest BCUT2D eigenvalue weighted by Gasteiger charge is 2.36. The van der Waals surface area contributed by atoms with Crippen LogP contribution in [0.1, 0.15) is 19.4 Å². The lowest BCUT2D eigenvalue weighted by atomic mass is 9.84. The van der Waals surface area contributed by atoms with E-state index in [1.54, 1.807) is 4.90 Å². The molecule has 1 aliphatic heterocycles. The summed E-state index contributed by atoms with van der Waals surface area (Å²) in [6, 6.07) is 9.83. The van der Waals surface area contributed by atoms with Crippen LogP contribution in [0.25, 0.3) is 0 Å². The molecule has 1 heterocycles. The van der Waals surface area contributed by atoms with Crippen LogP contribution in [0.3, 0.4) is 0 Å². The fraction of sp³-hybridized carbons (Fsp3) is 0.500. The van der Waals surface area contributed by atoms with Crippen molar-refractivity contribution in [3.63, 3.8) is 0 Å². The number of carbonyl (C=O) groups excluding carboxylic acids is 1. The van der Waals surface area contributed by atoms with Crippen LogP contribution in [0, 0.1) is 5.41 Å². The number of amides is 1. The molecule has 114 valence electrons. The molecular formula is C16H21NO4. The first-order valence-corrected chi connectivity index (χ1v) is 7.08. The normalized spacial score (nSPS) is 19.3.